The second kappa shape index (κ2) is 20.6. The predicted octanol–water partition coefficient (Wildman–Crippen LogP) is 14.3. The quantitative estimate of drug-likeness (QED) is 0.0830. The highest BCUT2D eigenvalue weighted by Gasteiger charge is 2.53. The molecule has 5 rings (SSSR count). The third kappa shape index (κ3) is 10.1. The van der Waals surface area contributed by atoms with Gasteiger partial charge in [0.25, 0.3) is 0 Å². The van der Waals surface area contributed by atoms with Gasteiger partial charge in [-0.3, -0.25) is 0 Å². The van der Waals surface area contributed by atoms with E-state index in [0.29, 0.717) is 46.5 Å². The highest BCUT2D eigenvalue weighted by atomic mass is 28.4. The summed E-state index contributed by atoms with van der Waals surface area (Å²) in [6.07, 6.45) is 1.19. The molecule has 0 bridgehead atoms. The van der Waals surface area contributed by atoms with Crippen LogP contribution >= 0.6 is 0 Å². The molecule has 322 valence electrons. The van der Waals surface area contributed by atoms with Gasteiger partial charge in [0.1, 0.15) is 11.5 Å². The van der Waals surface area contributed by atoms with Gasteiger partial charge in [0.15, 0.2) is 0 Å². The zero-order valence-corrected chi connectivity index (χ0v) is 40.9. The second-order valence-corrected chi connectivity index (χ2v) is 29.9. The first kappa shape index (κ1) is 46.9. The molecule has 1 aliphatic heterocycles. The van der Waals surface area contributed by atoms with Crippen molar-refractivity contribution >= 4 is 16.6 Å². The van der Waals surface area contributed by atoms with Crippen LogP contribution in [-0.2, 0) is 26.4 Å². The Hall–Kier alpha value is -3.21. The Balaban J connectivity index is 1.70. The molecule has 0 amide bonds. The van der Waals surface area contributed by atoms with Gasteiger partial charge in [-0.15, -0.1) is 0 Å². The van der Waals surface area contributed by atoms with Crippen molar-refractivity contribution in [3.63, 3.8) is 0 Å². The molecule has 0 spiro atoms. The van der Waals surface area contributed by atoms with E-state index in [1.165, 1.54) is 22.3 Å². The van der Waals surface area contributed by atoms with Crippen molar-refractivity contribution < 1.29 is 23.1 Å². The van der Waals surface area contributed by atoms with E-state index in [1.54, 1.807) is 14.2 Å². The summed E-state index contributed by atoms with van der Waals surface area (Å²) in [5.41, 5.74) is 9.70. The van der Waals surface area contributed by atoms with Gasteiger partial charge < -0.3 is 23.1 Å². The molecule has 1 saturated heterocycles. The summed E-state index contributed by atoms with van der Waals surface area (Å²) in [5.74, 6) is 1.89. The molecule has 0 aromatic heterocycles. The molecule has 5 nitrogen and oxygen atoms in total. The molecule has 0 unspecified atom stereocenters. The minimum atomic E-state index is -2.40. The average Bonchev–Trinajstić information content (AvgIpc) is 3.68. The largest absolute Gasteiger partial charge is 0.496 e. The molecule has 0 radical (unpaired) electrons. The maximum absolute atomic E-state index is 8.00. The van der Waals surface area contributed by atoms with E-state index < -0.39 is 16.6 Å². The van der Waals surface area contributed by atoms with Crippen molar-refractivity contribution in [3.8, 4) is 11.5 Å². The van der Waals surface area contributed by atoms with Gasteiger partial charge in [0.2, 0.25) is 16.6 Å². The fraction of sp³-hybridized carbons (Fsp3) is 0.538. The summed E-state index contributed by atoms with van der Waals surface area (Å²) < 4.78 is 35.1. The van der Waals surface area contributed by atoms with Crippen LogP contribution in [0.25, 0.3) is 0 Å². The first-order valence-electron chi connectivity index (χ1n) is 22.4. The highest BCUT2D eigenvalue weighted by Crippen LogP contribution is 2.54. The maximum Gasteiger partial charge on any atom is 0.201 e. The number of ether oxygens (including phenoxy) is 3. The normalized spacial score (nSPS) is 17.5. The fourth-order valence-corrected chi connectivity index (χ4v) is 22.2. The molecule has 1 heterocycles. The van der Waals surface area contributed by atoms with E-state index in [2.05, 4.69) is 180 Å². The SMILES string of the molecule is COc1cc([C@@H](O[Si](C(C)C)(C(C)C)C(C)C)[C@H]2COC[C@@H]2[C@@H](O[Si](C(C)C)(C(C)C)C(C)C)c2ccc(Cc3ccccc3)c(OC)c2)ccc1Cc1ccccc1. The Bertz CT molecular complexity index is 1710. The average molecular weight is 837 g/mol. The summed E-state index contributed by atoms with van der Waals surface area (Å²) in [6, 6.07) is 35.0. The summed E-state index contributed by atoms with van der Waals surface area (Å²) >= 11 is 0. The van der Waals surface area contributed by atoms with E-state index in [9.17, 15) is 0 Å². The fourth-order valence-electron chi connectivity index (χ4n) is 11.1. The maximum atomic E-state index is 8.00. The third-order valence-electron chi connectivity index (χ3n) is 13.8. The molecule has 59 heavy (non-hydrogen) atoms. The van der Waals surface area contributed by atoms with E-state index in [4.69, 9.17) is 23.1 Å². The van der Waals surface area contributed by atoms with Crippen molar-refractivity contribution in [3.05, 3.63) is 130 Å². The lowest BCUT2D eigenvalue weighted by Crippen LogP contribution is -2.51. The molecule has 4 aromatic carbocycles. The van der Waals surface area contributed by atoms with E-state index in [-0.39, 0.29) is 24.0 Å². The molecule has 0 saturated carbocycles. The Morgan fingerprint density at radius 1 is 0.475 bits per heavy atom. The van der Waals surface area contributed by atoms with Crippen LogP contribution in [0.1, 0.15) is 129 Å². The van der Waals surface area contributed by atoms with Crippen molar-refractivity contribution in [1.29, 1.82) is 0 Å². The van der Waals surface area contributed by atoms with Gasteiger partial charge in [-0.05, 0) is 78.8 Å². The van der Waals surface area contributed by atoms with Crippen molar-refractivity contribution in [2.45, 2.75) is 141 Å². The molecular weight excluding hydrogens is 761 g/mol. The molecule has 7 heteroatoms. The van der Waals surface area contributed by atoms with Crippen LogP contribution in [0.2, 0.25) is 33.2 Å². The second-order valence-electron chi connectivity index (χ2n) is 19.0. The van der Waals surface area contributed by atoms with Crippen molar-refractivity contribution in [1.82, 2.24) is 0 Å². The molecule has 4 aromatic rings. The van der Waals surface area contributed by atoms with Gasteiger partial charge in [0.05, 0.1) is 39.6 Å². The summed E-state index contributed by atoms with van der Waals surface area (Å²) in [5, 5.41) is 0. The van der Waals surface area contributed by atoms with E-state index in [0.717, 1.165) is 35.5 Å². The number of methoxy groups -OCH3 is 2. The van der Waals surface area contributed by atoms with Gasteiger partial charge in [-0.1, -0.05) is 168 Å². The molecule has 4 atom stereocenters. The monoisotopic (exact) mass is 837 g/mol. The molecular formula is C52H76O5Si2. The molecule has 0 N–H and O–H groups in total. The Morgan fingerprint density at radius 3 is 1.08 bits per heavy atom. The van der Waals surface area contributed by atoms with Crippen molar-refractivity contribution in [2.75, 3.05) is 27.4 Å². The topological polar surface area (TPSA) is 46.2 Å². The lowest BCUT2D eigenvalue weighted by molar-refractivity contribution is 0.0375. The molecule has 0 aliphatic carbocycles. The zero-order chi connectivity index (χ0) is 43.1. The van der Waals surface area contributed by atoms with Crippen LogP contribution in [0, 0.1) is 11.8 Å². The van der Waals surface area contributed by atoms with Gasteiger partial charge in [-0.2, -0.15) is 0 Å². The summed E-state index contributed by atoms with van der Waals surface area (Å²) in [4.78, 5) is 0. The first-order chi connectivity index (χ1) is 28.1. The zero-order valence-electron chi connectivity index (χ0n) is 38.9. The minimum absolute atomic E-state index is 0.0426. The Kier molecular flexibility index (Phi) is 16.3. The van der Waals surface area contributed by atoms with Crippen LogP contribution < -0.4 is 9.47 Å². The van der Waals surface area contributed by atoms with Crippen molar-refractivity contribution in [2.24, 2.45) is 11.8 Å². The van der Waals surface area contributed by atoms with Crippen LogP contribution in [0.3, 0.4) is 0 Å². The summed E-state index contributed by atoms with van der Waals surface area (Å²) in [6.45, 7) is 29.9. The van der Waals surface area contributed by atoms with Crippen LogP contribution in [-0.4, -0.2) is 44.1 Å². The molecule has 1 fully saturated rings. The molecule has 1 aliphatic rings. The van der Waals surface area contributed by atoms with Gasteiger partial charge in [0, 0.05) is 24.7 Å². The number of hydrogen-bond acceptors (Lipinski definition) is 5. The predicted molar refractivity (Wildman–Crippen MR) is 252 cm³/mol. The first-order valence-corrected chi connectivity index (χ1v) is 26.7. The lowest BCUT2D eigenvalue weighted by Gasteiger charge is -2.48. The number of benzene rings is 4. The van der Waals surface area contributed by atoms with E-state index >= 15 is 0 Å². The van der Waals surface area contributed by atoms with E-state index in [1.807, 2.05) is 0 Å². The van der Waals surface area contributed by atoms with Crippen LogP contribution in [0.4, 0.5) is 0 Å². The number of hydrogen-bond donors (Lipinski definition) is 0. The Morgan fingerprint density at radius 2 is 0.797 bits per heavy atom. The summed E-state index contributed by atoms with van der Waals surface area (Å²) in [7, 11) is -1.19. The standard InChI is InChI=1S/C52H76O5Si2/c1-35(2)58(36(3)4,37(5)6)56-51(45-27-25-43(49(31-45)53-13)29-41-21-17-15-18-22-41)47-33-55-34-48(47)52(57-59(38(7)8,39(9)10)40(11)12)46-28-26-44(50(32-46)54-14)30-42-23-19-16-20-24-42/h15-28,31-32,35-40,47-48,51-52H,29-30,33-34H2,1-14H3/t47-,48-,51-,52+/m0/s1. The van der Waals surface area contributed by atoms with Crippen LogP contribution in [0.15, 0.2) is 97.1 Å². The third-order valence-corrected chi connectivity index (χ3v) is 25.9. The van der Waals surface area contributed by atoms with Crippen LogP contribution in [0.5, 0.6) is 11.5 Å². The minimum Gasteiger partial charge on any atom is -0.496 e. The van der Waals surface area contributed by atoms with Gasteiger partial charge in [-0.25, -0.2) is 0 Å². The number of rotatable bonds is 20. The Labute approximate surface area is 360 Å². The highest BCUT2D eigenvalue weighted by molar-refractivity contribution is 6.78. The van der Waals surface area contributed by atoms with Gasteiger partial charge >= 0.3 is 0 Å². The smallest absolute Gasteiger partial charge is 0.201 e. The lowest BCUT2D eigenvalue weighted by atomic mass is 9.81.